The summed E-state index contributed by atoms with van der Waals surface area (Å²) in [6, 6.07) is 42.8. The zero-order chi connectivity index (χ0) is 24.1. The SMILES string of the molecule is Nc1ccccc1-c1nc2c(-c3cccc4ccccc34)cc(-c3cccc4ccccc34)cc2s1. The molecule has 2 nitrogen and oxygen atoms in total. The lowest BCUT2D eigenvalue weighted by atomic mass is 9.92. The van der Waals surface area contributed by atoms with Gasteiger partial charge in [-0.3, -0.25) is 0 Å². The molecule has 7 rings (SSSR count). The molecule has 0 radical (unpaired) electrons. The molecule has 0 aliphatic rings. The van der Waals surface area contributed by atoms with Crippen LogP contribution in [0.5, 0.6) is 0 Å². The van der Waals surface area contributed by atoms with Crippen molar-refractivity contribution in [3.8, 4) is 32.8 Å². The lowest BCUT2D eigenvalue weighted by Crippen LogP contribution is -1.89. The Morgan fingerprint density at radius 3 is 1.86 bits per heavy atom. The fourth-order valence-electron chi connectivity index (χ4n) is 5.13. The van der Waals surface area contributed by atoms with E-state index in [1.54, 1.807) is 11.3 Å². The van der Waals surface area contributed by atoms with Crippen molar-refractivity contribution in [3.63, 3.8) is 0 Å². The molecule has 0 amide bonds. The molecule has 0 saturated heterocycles. The molecule has 0 aliphatic carbocycles. The summed E-state index contributed by atoms with van der Waals surface area (Å²) < 4.78 is 1.15. The van der Waals surface area contributed by atoms with E-state index in [9.17, 15) is 0 Å². The van der Waals surface area contributed by atoms with Crippen molar-refractivity contribution in [1.82, 2.24) is 4.98 Å². The van der Waals surface area contributed by atoms with Crippen molar-refractivity contribution in [1.29, 1.82) is 0 Å². The van der Waals surface area contributed by atoms with E-state index in [2.05, 4.69) is 103 Å². The highest BCUT2D eigenvalue weighted by atomic mass is 32.1. The van der Waals surface area contributed by atoms with E-state index in [0.29, 0.717) is 0 Å². The summed E-state index contributed by atoms with van der Waals surface area (Å²) in [6.45, 7) is 0. The van der Waals surface area contributed by atoms with Crippen LogP contribution in [0, 0.1) is 0 Å². The third-order valence-corrected chi connectivity index (χ3v) is 7.90. The number of hydrogen-bond donors (Lipinski definition) is 1. The summed E-state index contributed by atoms with van der Waals surface area (Å²) in [4.78, 5) is 5.16. The summed E-state index contributed by atoms with van der Waals surface area (Å²) in [6.07, 6.45) is 0. The van der Waals surface area contributed by atoms with E-state index in [-0.39, 0.29) is 0 Å². The quantitative estimate of drug-likeness (QED) is 0.257. The van der Waals surface area contributed by atoms with Crippen LogP contribution in [0.15, 0.2) is 121 Å². The van der Waals surface area contributed by atoms with Crippen molar-refractivity contribution >= 4 is 48.8 Å². The molecule has 0 fully saturated rings. The zero-order valence-electron chi connectivity index (χ0n) is 19.5. The van der Waals surface area contributed by atoms with Crippen LogP contribution in [0.25, 0.3) is 64.6 Å². The standard InChI is InChI=1S/C33H22N2S/c34-30-18-6-5-15-28(30)33-35-32-29(27-17-8-12-22-10-2-4-14-25(22)27)19-23(20-31(32)36-33)26-16-7-11-21-9-1-3-13-24(21)26/h1-20H,34H2. The van der Waals surface area contributed by atoms with Crippen LogP contribution in [0.4, 0.5) is 5.69 Å². The van der Waals surface area contributed by atoms with Gasteiger partial charge in [0.05, 0.1) is 10.2 Å². The van der Waals surface area contributed by atoms with E-state index in [4.69, 9.17) is 10.7 Å². The molecule has 7 aromatic rings. The number of benzene rings is 6. The van der Waals surface area contributed by atoms with Crippen LogP contribution < -0.4 is 5.73 Å². The number of para-hydroxylation sites is 1. The van der Waals surface area contributed by atoms with E-state index < -0.39 is 0 Å². The molecule has 1 heterocycles. The van der Waals surface area contributed by atoms with Gasteiger partial charge in [0, 0.05) is 16.8 Å². The molecule has 3 heteroatoms. The van der Waals surface area contributed by atoms with Crippen LogP contribution in [-0.4, -0.2) is 4.98 Å². The molecule has 170 valence electrons. The summed E-state index contributed by atoms with van der Waals surface area (Å²) in [5.74, 6) is 0. The van der Waals surface area contributed by atoms with Gasteiger partial charge < -0.3 is 5.73 Å². The zero-order valence-corrected chi connectivity index (χ0v) is 20.3. The van der Waals surface area contributed by atoms with Gasteiger partial charge in [0.1, 0.15) is 5.01 Å². The molecule has 0 bridgehead atoms. The molecule has 2 N–H and O–H groups in total. The van der Waals surface area contributed by atoms with Gasteiger partial charge in [-0.1, -0.05) is 97.1 Å². The minimum absolute atomic E-state index is 0.748. The molecular formula is C33H22N2S. The largest absolute Gasteiger partial charge is 0.398 e. The molecular weight excluding hydrogens is 456 g/mol. The van der Waals surface area contributed by atoms with Gasteiger partial charge in [0.15, 0.2) is 0 Å². The maximum Gasteiger partial charge on any atom is 0.126 e. The van der Waals surface area contributed by atoms with Crippen LogP contribution >= 0.6 is 11.3 Å². The molecule has 0 atom stereocenters. The third kappa shape index (κ3) is 3.36. The smallest absolute Gasteiger partial charge is 0.126 e. The molecule has 0 spiro atoms. The number of rotatable bonds is 3. The van der Waals surface area contributed by atoms with Gasteiger partial charge in [-0.2, -0.15) is 0 Å². The molecule has 1 aromatic heterocycles. The highest BCUT2D eigenvalue weighted by molar-refractivity contribution is 7.21. The second-order valence-electron chi connectivity index (χ2n) is 9.03. The molecule has 6 aromatic carbocycles. The van der Waals surface area contributed by atoms with Crippen molar-refractivity contribution in [2.24, 2.45) is 0 Å². The van der Waals surface area contributed by atoms with E-state index in [1.165, 1.54) is 38.2 Å². The first-order valence-corrected chi connectivity index (χ1v) is 12.8. The first-order valence-electron chi connectivity index (χ1n) is 12.0. The number of hydrogen-bond acceptors (Lipinski definition) is 3. The van der Waals surface area contributed by atoms with Gasteiger partial charge in [-0.15, -0.1) is 11.3 Å². The Balaban J connectivity index is 1.57. The number of nitrogens with zero attached hydrogens (tertiary/aromatic N) is 1. The van der Waals surface area contributed by atoms with E-state index in [1.807, 2.05) is 18.2 Å². The lowest BCUT2D eigenvalue weighted by molar-refractivity contribution is 1.47. The summed E-state index contributed by atoms with van der Waals surface area (Å²) in [5.41, 5.74) is 13.8. The highest BCUT2D eigenvalue weighted by Gasteiger charge is 2.17. The highest BCUT2D eigenvalue weighted by Crippen LogP contribution is 2.43. The monoisotopic (exact) mass is 478 g/mol. The Morgan fingerprint density at radius 2 is 1.11 bits per heavy atom. The van der Waals surface area contributed by atoms with E-state index in [0.717, 1.165) is 32.0 Å². The molecule has 0 saturated carbocycles. The Kier molecular flexibility index (Phi) is 4.83. The topological polar surface area (TPSA) is 38.9 Å². The number of thiazole rings is 1. The molecule has 36 heavy (non-hydrogen) atoms. The van der Waals surface area contributed by atoms with Gasteiger partial charge >= 0.3 is 0 Å². The Bertz CT molecular complexity index is 1900. The second kappa shape index (κ2) is 8.33. The fourth-order valence-corrected chi connectivity index (χ4v) is 6.21. The summed E-state index contributed by atoms with van der Waals surface area (Å²) >= 11 is 1.70. The summed E-state index contributed by atoms with van der Waals surface area (Å²) in [5, 5.41) is 5.88. The summed E-state index contributed by atoms with van der Waals surface area (Å²) in [7, 11) is 0. The predicted octanol–water partition coefficient (Wildman–Crippen LogP) is 9.19. The Hall–Kier alpha value is -4.47. The number of anilines is 1. The molecule has 0 unspecified atom stereocenters. The third-order valence-electron chi connectivity index (χ3n) is 6.87. The fraction of sp³-hybridized carbons (Fsp3) is 0. The van der Waals surface area contributed by atoms with Crippen LogP contribution in [0.1, 0.15) is 0 Å². The van der Waals surface area contributed by atoms with Gasteiger partial charge in [0.2, 0.25) is 0 Å². The van der Waals surface area contributed by atoms with Crippen molar-refractivity contribution in [2.75, 3.05) is 5.73 Å². The number of nitrogen functional groups attached to an aromatic ring is 1. The van der Waals surface area contributed by atoms with Gasteiger partial charge in [-0.05, 0) is 62.5 Å². The lowest BCUT2D eigenvalue weighted by Gasteiger charge is -2.12. The predicted molar refractivity (Wildman–Crippen MR) is 155 cm³/mol. The minimum Gasteiger partial charge on any atom is -0.398 e. The van der Waals surface area contributed by atoms with Crippen LogP contribution in [-0.2, 0) is 0 Å². The number of aromatic nitrogens is 1. The Morgan fingerprint density at radius 1 is 0.528 bits per heavy atom. The first-order chi connectivity index (χ1) is 17.8. The van der Waals surface area contributed by atoms with Gasteiger partial charge in [-0.25, -0.2) is 4.98 Å². The molecule has 0 aliphatic heterocycles. The number of fused-ring (bicyclic) bond motifs is 3. The average molecular weight is 479 g/mol. The van der Waals surface area contributed by atoms with Crippen LogP contribution in [0.3, 0.4) is 0 Å². The van der Waals surface area contributed by atoms with E-state index >= 15 is 0 Å². The number of nitrogens with two attached hydrogens (primary N) is 1. The maximum atomic E-state index is 6.35. The van der Waals surface area contributed by atoms with Crippen molar-refractivity contribution < 1.29 is 0 Å². The first kappa shape index (κ1) is 20.9. The van der Waals surface area contributed by atoms with Crippen molar-refractivity contribution in [2.45, 2.75) is 0 Å². The minimum atomic E-state index is 0.748. The second-order valence-corrected chi connectivity index (χ2v) is 10.1. The average Bonchev–Trinajstić information content (AvgIpc) is 3.36. The Labute approximate surface area is 213 Å². The van der Waals surface area contributed by atoms with Crippen molar-refractivity contribution in [3.05, 3.63) is 121 Å². The van der Waals surface area contributed by atoms with Gasteiger partial charge in [0.25, 0.3) is 0 Å². The normalized spacial score (nSPS) is 11.4. The maximum absolute atomic E-state index is 6.35. The van der Waals surface area contributed by atoms with Crippen LogP contribution in [0.2, 0.25) is 0 Å².